The first-order valence-corrected chi connectivity index (χ1v) is 8.11. The number of hydrogen-bond acceptors (Lipinski definition) is 4. The predicted molar refractivity (Wildman–Crippen MR) is 95.4 cm³/mol. The van der Waals surface area contributed by atoms with Crippen LogP contribution in [0.4, 0.5) is 5.95 Å². The number of carbonyl (C=O) groups excluding carboxylic acids is 2. The Labute approximate surface area is 150 Å². The van der Waals surface area contributed by atoms with Gasteiger partial charge in [0.15, 0.2) is 0 Å². The molecule has 1 aromatic heterocycles. The first-order chi connectivity index (χ1) is 11.7. The molecule has 1 aromatic carbocycles. The van der Waals surface area contributed by atoms with Gasteiger partial charge in [-0.2, -0.15) is 0 Å². The highest BCUT2D eigenvalue weighted by atomic mass is 35.5. The van der Waals surface area contributed by atoms with Gasteiger partial charge in [0, 0.05) is 18.4 Å². The van der Waals surface area contributed by atoms with Crippen LogP contribution in [-0.2, 0) is 11.3 Å². The normalized spacial score (nSPS) is 11.2. The number of H-pyrrole nitrogens is 1. The minimum atomic E-state index is -0.871. The summed E-state index contributed by atoms with van der Waals surface area (Å²) in [6.45, 7) is 5.09. The number of rotatable bonds is 6. The summed E-state index contributed by atoms with van der Waals surface area (Å²) >= 11 is 6.11. The van der Waals surface area contributed by atoms with Crippen LogP contribution in [0.3, 0.4) is 0 Å². The van der Waals surface area contributed by atoms with E-state index in [1.807, 2.05) is 6.92 Å². The largest absolute Gasteiger partial charge is 0.395 e. The molecule has 7 nitrogen and oxygen atoms in total. The van der Waals surface area contributed by atoms with E-state index in [0.29, 0.717) is 16.5 Å². The van der Waals surface area contributed by atoms with Crippen molar-refractivity contribution >= 4 is 29.4 Å². The van der Waals surface area contributed by atoms with E-state index in [9.17, 15) is 14.7 Å². The zero-order valence-electron chi connectivity index (χ0n) is 14.3. The molecule has 0 unspecified atom stereocenters. The molecule has 4 N–H and O–H groups in total. The van der Waals surface area contributed by atoms with E-state index < -0.39 is 11.3 Å². The molecule has 0 radical (unpaired) electrons. The molecule has 2 aromatic rings. The SMILES string of the molecule is Cc1cnc(NC(=O)c2cc(CNC(=O)C(C)(C)CO)ccc2Cl)[nH]1. The van der Waals surface area contributed by atoms with Crippen molar-refractivity contribution in [1.29, 1.82) is 0 Å². The summed E-state index contributed by atoms with van der Waals surface area (Å²) in [4.78, 5) is 31.3. The van der Waals surface area contributed by atoms with Crippen molar-refractivity contribution < 1.29 is 14.7 Å². The van der Waals surface area contributed by atoms with E-state index in [1.54, 1.807) is 38.2 Å². The molecule has 1 heterocycles. The molecule has 2 amide bonds. The molecular weight excluding hydrogens is 344 g/mol. The molecule has 0 spiro atoms. The molecule has 0 atom stereocenters. The number of nitrogens with zero attached hydrogens (tertiary/aromatic N) is 1. The van der Waals surface area contributed by atoms with E-state index in [1.165, 1.54) is 0 Å². The standard InChI is InChI=1S/C17H21ClN4O3/c1-10-7-20-16(21-10)22-14(24)12-6-11(4-5-13(12)18)8-19-15(25)17(2,3)9-23/h4-7,23H,8-9H2,1-3H3,(H,19,25)(H2,20,21,22,24). The first kappa shape index (κ1) is 19.0. The minimum absolute atomic E-state index is 0.222. The first-order valence-electron chi connectivity index (χ1n) is 7.73. The van der Waals surface area contributed by atoms with Gasteiger partial charge in [-0.15, -0.1) is 0 Å². The van der Waals surface area contributed by atoms with Gasteiger partial charge < -0.3 is 15.4 Å². The van der Waals surface area contributed by atoms with Crippen molar-refractivity contribution in [3.8, 4) is 0 Å². The zero-order chi connectivity index (χ0) is 18.6. The monoisotopic (exact) mass is 364 g/mol. The lowest BCUT2D eigenvalue weighted by atomic mass is 9.93. The molecule has 134 valence electrons. The number of amides is 2. The number of carbonyl (C=O) groups is 2. The van der Waals surface area contributed by atoms with E-state index in [2.05, 4.69) is 20.6 Å². The van der Waals surface area contributed by atoms with Gasteiger partial charge in [-0.25, -0.2) is 4.98 Å². The molecule has 0 aliphatic carbocycles. The third-order valence-electron chi connectivity index (χ3n) is 3.67. The fraction of sp³-hybridized carbons (Fsp3) is 0.353. The fourth-order valence-electron chi connectivity index (χ4n) is 2.00. The molecule has 0 saturated heterocycles. The lowest BCUT2D eigenvalue weighted by molar-refractivity contribution is -0.131. The van der Waals surface area contributed by atoms with Crippen LogP contribution >= 0.6 is 11.6 Å². The van der Waals surface area contributed by atoms with Crippen LogP contribution in [0.2, 0.25) is 5.02 Å². The van der Waals surface area contributed by atoms with Crippen molar-refractivity contribution in [3.05, 3.63) is 46.2 Å². The maximum atomic E-state index is 12.4. The molecule has 0 saturated carbocycles. The van der Waals surface area contributed by atoms with E-state index >= 15 is 0 Å². The third kappa shape index (κ3) is 4.80. The molecular formula is C17H21ClN4O3. The van der Waals surface area contributed by atoms with Gasteiger partial charge in [0.05, 0.1) is 22.6 Å². The Hall–Kier alpha value is -2.38. The minimum Gasteiger partial charge on any atom is -0.395 e. The van der Waals surface area contributed by atoms with Crippen LogP contribution in [0.25, 0.3) is 0 Å². The number of anilines is 1. The molecule has 25 heavy (non-hydrogen) atoms. The van der Waals surface area contributed by atoms with E-state index in [-0.39, 0.29) is 24.6 Å². The van der Waals surface area contributed by atoms with Gasteiger partial charge in [-0.05, 0) is 38.5 Å². The summed E-state index contributed by atoms with van der Waals surface area (Å²) in [5.41, 5.74) is 0.949. The lowest BCUT2D eigenvalue weighted by Crippen LogP contribution is -2.38. The Morgan fingerprint density at radius 2 is 2.08 bits per heavy atom. The third-order valence-corrected chi connectivity index (χ3v) is 4.00. The number of aryl methyl sites for hydroxylation is 1. The van der Waals surface area contributed by atoms with Gasteiger partial charge in [0.2, 0.25) is 11.9 Å². The van der Waals surface area contributed by atoms with Crippen LogP contribution < -0.4 is 10.6 Å². The Morgan fingerprint density at radius 1 is 1.36 bits per heavy atom. The van der Waals surface area contributed by atoms with Gasteiger partial charge >= 0.3 is 0 Å². The van der Waals surface area contributed by atoms with Crippen molar-refractivity contribution in [3.63, 3.8) is 0 Å². The second-order valence-electron chi connectivity index (χ2n) is 6.41. The average Bonchev–Trinajstić information content (AvgIpc) is 2.98. The average molecular weight is 365 g/mol. The van der Waals surface area contributed by atoms with Crippen LogP contribution in [0.1, 0.15) is 35.5 Å². The molecule has 0 bridgehead atoms. The number of benzene rings is 1. The molecule has 0 aliphatic heterocycles. The van der Waals surface area contributed by atoms with E-state index in [0.717, 1.165) is 5.69 Å². The van der Waals surface area contributed by atoms with Crippen LogP contribution in [0.5, 0.6) is 0 Å². The van der Waals surface area contributed by atoms with Crippen molar-refractivity contribution in [2.75, 3.05) is 11.9 Å². The number of hydrogen-bond donors (Lipinski definition) is 4. The summed E-state index contributed by atoms with van der Waals surface area (Å²) in [6, 6.07) is 4.94. The Morgan fingerprint density at radius 3 is 2.68 bits per heavy atom. The highest BCUT2D eigenvalue weighted by Crippen LogP contribution is 2.20. The Balaban J connectivity index is 2.09. The summed E-state index contributed by atoms with van der Waals surface area (Å²) in [6.07, 6.45) is 1.60. The number of aliphatic hydroxyl groups excluding tert-OH is 1. The van der Waals surface area contributed by atoms with Gasteiger partial charge in [-0.1, -0.05) is 17.7 Å². The highest BCUT2D eigenvalue weighted by molar-refractivity contribution is 6.34. The zero-order valence-corrected chi connectivity index (χ0v) is 15.1. The summed E-state index contributed by atoms with van der Waals surface area (Å²) in [5, 5.41) is 14.9. The molecule has 2 rings (SSSR count). The number of aromatic nitrogens is 2. The topological polar surface area (TPSA) is 107 Å². The highest BCUT2D eigenvalue weighted by Gasteiger charge is 2.26. The quantitative estimate of drug-likeness (QED) is 0.630. The number of aromatic amines is 1. The second kappa shape index (κ2) is 7.67. The van der Waals surface area contributed by atoms with E-state index in [4.69, 9.17) is 11.6 Å². The predicted octanol–water partition coefficient (Wildman–Crippen LogP) is 2.26. The van der Waals surface area contributed by atoms with Gasteiger partial charge in [-0.3, -0.25) is 14.9 Å². The smallest absolute Gasteiger partial charge is 0.259 e. The Bertz CT molecular complexity index is 786. The number of nitrogens with one attached hydrogen (secondary N) is 3. The van der Waals surface area contributed by atoms with Gasteiger partial charge in [0.1, 0.15) is 0 Å². The molecule has 0 fully saturated rings. The molecule has 8 heteroatoms. The molecule has 0 aliphatic rings. The maximum Gasteiger partial charge on any atom is 0.259 e. The van der Waals surface area contributed by atoms with Crippen molar-refractivity contribution in [2.45, 2.75) is 27.3 Å². The fourth-order valence-corrected chi connectivity index (χ4v) is 2.20. The Kier molecular flexibility index (Phi) is 5.81. The van der Waals surface area contributed by atoms with Crippen LogP contribution in [-0.4, -0.2) is 33.5 Å². The summed E-state index contributed by atoms with van der Waals surface area (Å²) in [5.74, 6) is -0.341. The summed E-state index contributed by atoms with van der Waals surface area (Å²) in [7, 11) is 0. The lowest BCUT2D eigenvalue weighted by Gasteiger charge is -2.20. The number of aliphatic hydroxyl groups is 1. The van der Waals surface area contributed by atoms with Crippen LogP contribution in [0, 0.1) is 12.3 Å². The van der Waals surface area contributed by atoms with Crippen molar-refractivity contribution in [2.24, 2.45) is 5.41 Å². The maximum absolute atomic E-state index is 12.4. The van der Waals surface area contributed by atoms with Crippen molar-refractivity contribution in [1.82, 2.24) is 15.3 Å². The number of halogens is 1. The number of imidazole rings is 1. The summed E-state index contributed by atoms with van der Waals surface area (Å²) < 4.78 is 0. The van der Waals surface area contributed by atoms with Crippen LogP contribution in [0.15, 0.2) is 24.4 Å². The van der Waals surface area contributed by atoms with Gasteiger partial charge in [0.25, 0.3) is 5.91 Å². The second-order valence-corrected chi connectivity index (χ2v) is 6.82.